The number of hydrogen-bond donors (Lipinski definition) is 2. The van der Waals surface area contributed by atoms with Crippen molar-refractivity contribution < 1.29 is 9.69 Å². The minimum absolute atomic E-state index is 0.0691. The maximum absolute atomic E-state index is 12.1. The highest BCUT2D eigenvalue weighted by Crippen LogP contribution is 2.10. The first-order chi connectivity index (χ1) is 9.67. The molecule has 2 aromatic rings. The zero-order chi connectivity index (χ0) is 14.4. The average Bonchev–Trinajstić information content (AvgIpc) is 2.93. The molecule has 0 aliphatic rings. The lowest BCUT2D eigenvalue weighted by molar-refractivity contribution is -0.903. The van der Waals surface area contributed by atoms with E-state index in [0.717, 1.165) is 18.8 Å². The molecule has 3 nitrogen and oxygen atoms in total. The molecule has 2 N–H and O–H groups in total. The van der Waals surface area contributed by atoms with E-state index < -0.39 is 0 Å². The van der Waals surface area contributed by atoms with Crippen molar-refractivity contribution in [2.75, 3.05) is 18.4 Å². The van der Waals surface area contributed by atoms with Crippen molar-refractivity contribution in [1.82, 2.24) is 0 Å². The van der Waals surface area contributed by atoms with Gasteiger partial charge in [0.15, 0.2) is 6.54 Å². The molecule has 1 atom stereocenters. The number of carbonyl (C=O) groups excluding carboxylic acids is 1. The molecule has 0 radical (unpaired) electrons. The number of carbonyl (C=O) groups is 1. The van der Waals surface area contributed by atoms with Crippen LogP contribution < -0.4 is 10.2 Å². The van der Waals surface area contributed by atoms with Gasteiger partial charge in [-0.15, -0.1) is 11.3 Å². The Morgan fingerprint density at radius 1 is 1.30 bits per heavy atom. The van der Waals surface area contributed by atoms with E-state index in [1.165, 1.54) is 13.3 Å². The summed E-state index contributed by atoms with van der Waals surface area (Å²) in [4.78, 5) is 14.7. The molecule has 1 aromatic carbocycles. The van der Waals surface area contributed by atoms with Crippen molar-refractivity contribution in [1.29, 1.82) is 0 Å². The van der Waals surface area contributed by atoms with Gasteiger partial charge >= 0.3 is 0 Å². The first kappa shape index (κ1) is 15.5. The molecule has 106 valence electrons. The summed E-state index contributed by atoms with van der Waals surface area (Å²) < 4.78 is 1.17. The third kappa shape index (κ3) is 4.88. The Morgan fingerprint density at radius 2 is 2.05 bits per heavy atom. The fourth-order valence-corrected chi connectivity index (χ4v) is 3.07. The van der Waals surface area contributed by atoms with E-state index in [-0.39, 0.29) is 5.91 Å². The smallest absolute Gasteiger partial charge is 0.279 e. The Kier molecular flexibility index (Phi) is 6.00. The summed E-state index contributed by atoms with van der Waals surface area (Å²) in [6.45, 7) is 4.47. The number of hydrogen-bond acceptors (Lipinski definition) is 2. The number of benzene rings is 1. The summed E-state index contributed by atoms with van der Waals surface area (Å²) in [5.41, 5.74) is 0.863. The number of nitrogens with one attached hydrogen (secondary N) is 2. The van der Waals surface area contributed by atoms with Gasteiger partial charge in [0.1, 0.15) is 6.54 Å². The normalized spacial score (nSPS) is 12.1. The number of rotatable bonds is 6. The summed E-state index contributed by atoms with van der Waals surface area (Å²) in [5.74, 6) is 0.0691. The van der Waals surface area contributed by atoms with Crippen molar-refractivity contribution in [3.05, 3.63) is 50.2 Å². The standard InChI is InChI=1S/C15H17IN2OS/c1-2-18(10-14-4-3-9-20-14)11-15(19)17-13-7-5-12(16)6-8-13/h3-9H,2,10-11H2,1H3,(H,17,19)/p+1. The first-order valence-corrected chi connectivity index (χ1v) is 8.54. The summed E-state index contributed by atoms with van der Waals surface area (Å²) in [6.07, 6.45) is 0. The number of likely N-dealkylation sites (N-methyl/N-ethyl adjacent to an activating group) is 1. The van der Waals surface area contributed by atoms with E-state index in [4.69, 9.17) is 0 Å². The molecule has 5 heteroatoms. The van der Waals surface area contributed by atoms with Crippen molar-refractivity contribution >= 4 is 45.5 Å². The molecule has 0 aliphatic heterocycles. The topological polar surface area (TPSA) is 33.5 Å². The summed E-state index contributed by atoms with van der Waals surface area (Å²) in [6, 6.07) is 12.0. The third-order valence-electron chi connectivity index (χ3n) is 3.04. The van der Waals surface area contributed by atoms with Crippen LogP contribution in [0, 0.1) is 3.57 Å². The molecular formula is C15H18IN2OS+. The molecule has 1 amide bonds. The molecule has 0 spiro atoms. The highest BCUT2D eigenvalue weighted by Gasteiger charge is 2.13. The van der Waals surface area contributed by atoms with Gasteiger partial charge in [0.2, 0.25) is 0 Å². The van der Waals surface area contributed by atoms with E-state index in [1.807, 2.05) is 24.3 Å². The fraction of sp³-hybridized carbons (Fsp3) is 0.267. The van der Waals surface area contributed by atoms with Gasteiger partial charge in [0, 0.05) is 9.26 Å². The van der Waals surface area contributed by atoms with Gasteiger partial charge in [-0.3, -0.25) is 4.79 Å². The zero-order valence-corrected chi connectivity index (χ0v) is 14.3. The Bertz CT molecular complexity index is 540. The molecule has 1 heterocycles. The number of amides is 1. The van der Waals surface area contributed by atoms with Crippen molar-refractivity contribution in [2.24, 2.45) is 0 Å². The summed E-state index contributed by atoms with van der Waals surface area (Å²) >= 11 is 4.00. The first-order valence-electron chi connectivity index (χ1n) is 6.58. The average molecular weight is 401 g/mol. The highest BCUT2D eigenvalue weighted by molar-refractivity contribution is 14.1. The number of anilines is 1. The lowest BCUT2D eigenvalue weighted by Gasteiger charge is -2.16. The molecule has 20 heavy (non-hydrogen) atoms. The van der Waals surface area contributed by atoms with Crippen molar-refractivity contribution in [2.45, 2.75) is 13.5 Å². The Hall–Kier alpha value is -0.920. The molecule has 2 rings (SSSR count). The number of quaternary nitrogens is 1. The quantitative estimate of drug-likeness (QED) is 0.717. The van der Waals surface area contributed by atoms with Gasteiger partial charge < -0.3 is 10.2 Å². The second-order valence-electron chi connectivity index (χ2n) is 4.59. The lowest BCUT2D eigenvalue weighted by Crippen LogP contribution is -3.11. The van der Waals surface area contributed by atoms with Crippen LogP contribution in [0.2, 0.25) is 0 Å². The second-order valence-corrected chi connectivity index (χ2v) is 6.87. The zero-order valence-electron chi connectivity index (χ0n) is 11.4. The van der Waals surface area contributed by atoms with Gasteiger partial charge in [0.05, 0.1) is 11.4 Å². The third-order valence-corrected chi connectivity index (χ3v) is 4.64. The molecule has 1 aromatic heterocycles. The van der Waals surface area contributed by atoms with Gasteiger partial charge in [-0.25, -0.2) is 0 Å². The van der Waals surface area contributed by atoms with Crippen LogP contribution in [-0.2, 0) is 11.3 Å². The maximum Gasteiger partial charge on any atom is 0.279 e. The van der Waals surface area contributed by atoms with Crippen LogP contribution in [0.25, 0.3) is 0 Å². The van der Waals surface area contributed by atoms with E-state index in [0.29, 0.717) is 6.54 Å². The number of halogens is 1. The second kappa shape index (κ2) is 7.75. The molecule has 1 unspecified atom stereocenters. The Labute approximate surface area is 137 Å². The predicted octanol–water partition coefficient (Wildman–Crippen LogP) is 2.40. The van der Waals surface area contributed by atoms with Crippen molar-refractivity contribution in [3.63, 3.8) is 0 Å². The van der Waals surface area contributed by atoms with Gasteiger partial charge in [-0.1, -0.05) is 6.07 Å². The Morgan fingerprint density at radius 3 is 2.65 bits per heavy atom. The monoisotopic (exact) mass is 401 g/mol. The van der Waals surface area contributed by atoms with Crippen LogP contribution in [0.4, 0.5) is 5.69 Å². The van der Waals surface area contributed by atoms with Crippen LogP contribution in [0.15, 0.2) is 41.8 Å². The molecule has 0 saturated carbocycles. The van der Waals surface area contributed by atoms with Crippen LogP contribution in [0.3, 0.4) is 0 Å². The largest absolute Gasteiger partial charge is 0.323 e. The fourth-order valence-electron chi connectivity index (χ4n) is 1.94. The van der Waals surface area contributed by atoms with E-state index in [2.05, 4.69) is 52.3 Å². The van der Waals surface area contributed by atoms with Crippen LogP contribution in [-0.4, -0.2) is 19.0 Å². The predicted molar refractivity (Wildman–Crippen MR) is 92.2 cm³/mol. The van der Waals surface area contributed by atoms with Gasteiger partial charge in [0.25, 0.3) is 5.91 Å². The number of thiophene rings is 1. The van der Waals surface area contributed by atoms with Crippen LogP contribution >= 0.6 is 33.9 Å². The summed E-state index contributed by atoms with van der Waals surface area (Å²) in [5, 5.41) is 5.03. The molecule has 0 fully saturated rings. The van der Waals surface area contributed by atoms with E-state index >= 15 is 0 Å². The summed E-state index contributed by atoms with van der Waals surface area (Å²) in [7, 11) is 0. The minimum Gasteiger partial charge on any atom is -0.323 e. The highest BCUT2D eigenvalue weighted by atomic mass is 127. The Balaban J connectivity index is 1.87. The van der Waals surface area contributed by atoms with E-state index in [9.17, 15) is 4.79 Å². The van der Waals surface area contributed by atoms with Gasteiger partial charge in [-0.2, -0.15) is 0 Å². The van der Waals surface area contributed by atoms with Gasteiger partial charge in [-0.05, 0) is 65.2 Å². The molecule has 0 aliphatic carbocycles. The SMILES string of the molecule is CC[NH+](CC(=O)Nc1ccc(I)cc1)Cc1cccs1. The molecular weight excluding hydrogens is 383 g/mol. The maximum atomic E-state index is 12.1. The van der Waals surface area contributed by atoms with E-state index in [1.54, 1.807) is 11.3 Å². The van der Waals surface area contributed by atoms with Crippen LogP contribution in [0.1, 0.15) is 11.8 Å². The molecule has 0 saturated heterocycles. The van der Waals surface area contributed by atoms with Crippen LogP contribution in [0.5, 0.6) is 0 Å². The minimum atomic E-state index is 0.0691. The molecule has 0 bridgehead atoms. The van der Waals surface area contributed by atoms with Crippen molar-refractivity contribution in [3.8, 4) is 0 Å². The lowest BCUT2D eigenvalue weighted by atomic mass is 10.3.